The lowest BCUT2D eigenvalue weighted by Crippen LogP contribution is -2.52. The lowest BCUT2D eigenvalue weighted by Gasteiger charge is -2.29. The number of amides is 4. The molecule has 4 N–H and O–H groups in total. The Morgan fingerprint density at radius 1 is 1.26 bits per heavy atom. The fourth-order valence-electron chi connectivity index (χ4n) is 3.85. The quantitative estimate of drug-likeness (QED) is 0.506. The molecule has 160 valence electrons. The Balaban J connectivity index is 1.49. The van der Waals surface area contributed by atoms with Crippen LogP contribution in [0.2, 0.25) is 0 Å². The lowest BCUT2D eigenvalue weighted by molar-refractivity contribution is -0.136. The summed E-state index contributed by atoms with van der Waals surface area (Å²) in [5.41, 5.74) is 8.13. The molecule has 1 unspecified atom stereocenters. The molecule has 2 aliphatic rings. The number of nitrogens with one attached hydrogen (secondary N) is 2. The Morgan fingerprint density at radius 2 is 2.03 bits per heavy atom. The highest BCUT2D eigenvalue weighted by Crippen LogP contribution is 2.30. The van der Waals surface area contributed by atoms with Crippen molar-refractivity contribution >= 4 is 29.3 Å². The second-order valence-electron chi connectivity index (χ2n) is 7.72. The van der Waals surface area contributed by atoms with E-state index in [-0.39, 0.29) is 48.5 Å². The first kappa shape index (κ1) is 20.5. The molecule has 4 rings (SSSR count). The highest BCUT2D eigenvalue weighted by Gasteiger charge is 2.40. The van der Waals surface area contributed by atoms with Crippen molar-refractivity contribution in [1.29, 1.82) is 0 Å². The SMILES string of the molecule is Cc1ccc(C(=O)NCc2ccc3c(c2F)CN(C2CCC(=O)NC2=O)C3=O)cc1N. The number of nitrogen functional groups attached to an aromatic ring is 1. The number of carbonyl (C=O) groups is 4. The molecule has 2 aromatic carbocycles. The van der Waals surface area contributed by atoms with Gasteiger partial charge in [-0.05, 0) is 37.1 Å². The number of aryl methyl sites for hydroxylation is 1. The Hall–Kier alpha value is -3.75. The first-order valence-electron chi connectivity index (χ1n) is 9.85. The summed E-state index contributed by atoms with van der Waals surface area (Å²) >= 11 is 0. The van der Waals surface area contributed by atoms with Gasteiger partial charge in [-0.25, -0.2) is 4.39 Å². The van der Waals surface area contributed by atoms with E-state index in [0.29, 0.717) is 11.3 Å². The Labute approximate surface area is 177 Å². The second kappa shape index (κ2) is 7.82. The van der Waals surface area contributed by atoms with Crippen molar-refractivity contribution in [2.24, 2.45) is 0 Å². The van der Waals surface area contributed by atoms with Gasteiger partial charge < -0.3 is 16.0 Å². The highest BCUT2D eigenvalue weighted by atomic mass is 19.1. The van der Waals surface area contributed by atoms with Crippen molar-refractivity contribution in [3.8, 4) is 0 Å². The van der Waals surface area contributed by atoms with Gasteiger partial charge in [0, 0.05) is 40.9 Å². The standard InChI is InChI=1S/C22H21FN4O4/c1-11-2-3-12(8-16(11)24)20(29)25-9-13-4-5-14-15(19(13)23)10-27(22(14)31)17-6-7-18(28)26-21(17)30/h2-5,8,17H,6-7,9-10,24H2,1H3,(H,25,29)(H,26,28,30). The number of imide groups is 1. The molecule has 2 aromatic rings. The summed E-state index contributed by atoms with van der Waals surface area (Å²) in [6, 6.07) is 7.06. The van der Waals surface area contributed by atoms with Crippen LogP contribution in [0.5, 0.6) is 0 Å². The van der Waals surface area contributed by atoms with Crippen LogP contribution in [0.1, 0.15) is 50.2 Å². The van der Waals surface area contributed by atoms with Crippen molar-refractivity contribution in [3.05, 3.63) is 64.0 Å². The zero-order valence-electron chi connectivity index (χ0n) is 16.8. The van der Waals surface area contributed by atoms with Gasteiger partial charge in [-0.1, -0.05) is 12.1 Å². The van der Waals surface area contributed by atoms with E-state index in [0.717, 1.165) is 5.56 Å². The van der Waals surface area contributed by atoms with E-state index in [1.165, 1.54) is 17.0 Å². The maximum Gasteiger partial charge on any atom is 0.255 e. The minimum atomic E-state index is -0.813. The average Bonchev–Trinajstić information content (AvgIpc) is 3.06. The van der Waals surface area contributed by atoms with Crippen molar-refractivity contribution in [2.45, 2.75) is 38.9 Å². The van der Waals surface area contributed by atoms with Crippen molar-refractivity contribution < 1.29 is 23.6 Å². The van der Waals surface area contributed by atoms with E-state index >= 15 is 4.39 Å². The molecule has 0 aromatic heterocycles. The summed E-state index contributed by atoms with van der Waals surface area (Å²) in [5, 5.41) is 4.87. The van der Waals surface area contributed by atoms with E-state index in [1.54, 1.807) is 18.2 Å². The molecule has 1 atom stereocenters. The van der Waals surface area contributed by atoms with Gasteiger partial charge in [-0.3, -0.25) is 24.5 Å². The van der Waals surface area contributed by atoms with Gasteiger partial charge in [0.15, 0.2) is 0 Å². The first-order chi connectivity index (χ1) is 14.8. The average molecular weight is 424 g/mol. The Kier molecular flexibility index (Phi) is 5.18. The maximum atomic E-state index is 15.1. The van der Waals surface area contributed by atoms with E-state index in [2.05, 4.69) is 10.6 Å². The third-order valence-corrected chi connectivity index (χ3v) is 5.71. The summed E-state index contributed by atoms with van der Waals surface area (Å²) in [6.45, 7) is 1.69. The van der Waals surface area contributed by atoms with Gasteiger partial charge >= 0.3 is 0 Å². The minimum absolute atomic E-state index is 0.0669. The van der Waals surface area contributed by atoms with Crippen molar-refractivity contribution in [2.75, 3.05) is 5.73 Å². The highest BCUT2D eigenvalue weighted by molar-refractivity contribution is 6.05. The van der Waals surface area contributed by atoms with Crippen LogP contribution in [-0.2, 0) is 22.7 Å². The van der Waals surface area contributed by atoms with Crippen LogP contribution in [0.3, 0.4) is 0 Å². The van der Waals surface area contributed by atoms with Gasteiger partial charge in [-0.2, -0.15) is 0 Å². The molecule has 0 saturated carbocycles. The molecule has 4 amide bonds. The number of benzene rings is 2. The van der Waals surface area contributed by atoms with Crippen molar-refractivity contribution in [3.63, 3.8) is 0 Å². The van der Waals surface area contributed by atoms with Gasteiger partial charge in [0.2, 0.25) is 11.8 Å². The van der Waals surface area contributed by atoms with Gasteiger partial charge in [0.1, 0.15) is 11.9 Å². The summed E-state index contributed by atoms with van der Waals surface area (Å²) in [7, 11) is 0. The molecule has 2 heterocycles. The second-order valence-corrected chi connectivity index (χ2v) is 7.72. The Morgan fingerprint density at radius 3 is 2.74 bits per heavy atom. The number of carbonyl (C=O) groups excluding carboxylic acids is 4. The number of fused-ring (bicyclic) bond motifs is 1. The zero-order valence-corrected chi connectivity index (χ0v) is 16.8. The third-order valence-electron chi connectivity index (χ3n) is 5.71. The molecule has 0 spiro atoms. The summed E-state index contributed by atoms with van der Waals surface area (Å²) in [5.74, 6) is -2.38. The van der Waals surface area contributed by atoms with Crippen LogP contribution in [-0.4, -0.2) is 34.6 Å². The molecule has 1 fully saturated rings. The fraction of sp³-hybridized carbons (Fsp3) is 0.273. The third kappa shape index (κ3) is 3.74. The van der Waals surface area contributed by atoms with E-state index in [9.17, 15) is 19.2 Å². The smallest absolute Gasteiger partial charge is 0.255 e. The number of rotatable bonds is 4. The van der Waals surface area contributed by atoms with Crippen LogP contribution in [0.15, 0.2) is 30.3 Å². The molecule has 31 heavy (non-hydrogen) atoms. The van der Waals surface area contributed by atoms with Crippen LogP contribution < -0.4 is 16.4 Å². The summed E-state index contributed by atoms with van der Waals surface area (Å²) in [6.07, 6.45) is 0.328. The molecule has 0 aliphatic carbocycles. The predicted octanol–water partition coefficient (Wildman–Crippen LogP) is 1.41. The van der Waals surface area contributed by atoms with E-state index in [1.807, 2.05) is 6.92 Å². The molecular formula is C22H21FN4O4. The number of halogens is 1. The van der Waals surface area contributed by atoms with Crippen LogP contribution >= 0.6 is 0 Å². The summed E-state index contributed by atoms with van der Waals surface area (Å²) < 4.78 is 15.1. The molecular weight excluding hydrogens is 403 g/mol. The van der Waals surface area contributed by atoms with Gasteiger partial charge in [0.25, 0.3) is 11.8 Å². The first-order valence-corrected chi connectivity index (χ1v) is 9.85. The molecule has 9 heteroatoms. The number of nitrogens with two attached hydrogens (primary N) is 1. The number of anilines is 1. The van der Waals surface area contributed by atoms with Gasteiger partial charge in [-0.15, -0.1) is 0 Å². The number of nitrogens with zero attached hydrogens (tertiary/aromatic N) is 1. The van der Waals surface area contributed by atoms with Crippen LogP contribution in [0.4, 0.5) is 10.1 Å². The van der Waals surface area contributed by atoms with Crippen molar-refractivity contribution in [1.82, 2.24) is 15.5 Å². The molecule has 8 nitrogen and oxygen atoms in total. The number of hydrogen-bond acceptors (Lipinski definition) is 5. The molecule has 2 aliphatic heterocycles. The van der Waals surface area contributed by atoms with Crippen LogP contribution in [0.25, 0.3) is 0 Å². The lowest BCUT2D eigenvalue weighted by atomic mass is 10.0. The zero-order chi connectivity index (χ0) is 22.3. The number of hydrogen-bond donors (Lipinski definition) is 3. The largest absolute Gasteiger partial charge is 0.398 e. The van der Waals surface area contributed by atoms with E-state index in [4.69, 9.17) is 5.73 Å². The van der Waals surface area contributed by atoms with E-state index < -0.39 is 29.6 Å². The predicted molar refractivity (Wildman–Crippen MR) is 109 cm³/mol. The Bertz CT molecular complexity index is 1130. The number of piperidine rings is 1. The molecule has 0 radical (unpaired) electrons. The minimum Gasteiger partial charge on any atom is -0.398 e. The summed E-state index contributed by atoms with van der Waals surface area (Å²) in [4.78, 5) is 49.9. The normalized spacial score (nSPS) is 18.1. The maximum absolute atomic E-state index is 15.1. The monoisotopic (exact) mass is 424 g/mol. The molecule has 1 saturated heterocycles. The topological polar surface area (TPSA) is 122 Å². The molecule has 0 bridgehead atoms. The van der Waals surface area contributed by atoms with Crippen LogP contribution in [0, 0.1) is 12.7 Å². The van der Waals surface area contributed by atoms with Gasteiger partial charge in [0.05, 0.1) is 6.54 Å². The fourth-order valence-corrected chi connectivity index (χ4v) is 3.85.